The van der Waals surface area contributed by atoms with Crippen molar-refractivity contribution in [2.75, 3.05) is 20.5 Å². The van der Waals surface area contributed by atoms with E-state index in [4.69, 9.17) is 23.2 Å². The van der Waals surface area contributed by atoms with Crippen LogP contribution in [0, 0.1) is 0 Å². The van der Waals surface area contributed by atoms with Crippen LogP contribution in [-0.2, 0) is 24.8 Å². The standard InChI is InChI=1S/C30H21Cl2N9O6S3/c31-24-13-15-26(37-35-24)39-49(44,45)20-9-5-18(6-10-20)33-28(42)17-48-30-34-23-4-2-1-3-22(23)29(43)41(30)19-7-11-21(12-8-19)50(46,47)40-27-16-14-25(32)36-38-27/h1-16H,17H2,(H,33,42)(H,37,39)(H,38,40). The van der Waals surface area contributed by atoms with Crippen molar-refractivity contribution in [1.29, 1.82) is 0 Å². The van der Waals surface area contributed by atoms with Gasteiger partial charge in [-0.3, -0.25) is 23.6 Å². The third kappa shape index (κ3) is 8.01. The van der Waals surface area contributed by atoms with E-state index in [1.54, 1.807) is 24.3 Å². The molecule has 1 amide bonds. The number of sulfonamides is 2. The Morgan fingerprint density at radius 3 is 1.78 bits per heavy atom. The smallest absolute Gasteiger partial charge is 0.266 e. The third-order valence-electron chi connectivity index (χ3n) is 6.67. The first kappa shape index (κ1) is 34.7. The van der Waals surface area contributed by atoms with Crippen LogP contribution in [0.1, 0.15) is 0 Å². The molecule has 50 heavy (non-hydrogen) atoms. The fourth-order valence-corrected chi connectivity index (χ4v) is 7.40. The van der Waals surface area contributed by atoms with Crippen LogP contribution < -0.4 is 20.3 Å². The summed E-state index contributed by atoms with van der Waals surface area (Å²) >= 11 is 12.4. The molecule has 0 atom stereocenters. The molecule has 0 aliphatic rings. The molecule has 0 saturated carbocycles. The highest BCUT2D eigenvalue weighted by atomic mass is 35.5. The lowest BCUT2D eigenvalue weighted by Crippen LogP contribution is -2.23. The lowest BCUT2D eigenvalue weighted by molar-refractivity contribution is -0.113. The summed E-state index contributed by atoms with van der Waals surface area (Å²) in [6.45, 7) is 0. The maximum absolute atomic E-state index is 13.7. The summed E-state index contributed by atoms with van der Waals surface area (Å²) in [5.74, 6) is -0.702. The molecule has 254 valence electrons. The van der Waals surface area contributed by atoms with Crippen molar-refractivity contribution in [2.45, 2.75) is 14.9 Å². The molecule has 0 bridgehead atoms. The minimum Gasteiger partial charge on any atom is -0.325 e. The Labute approximate surface area is 298 Å². The van der Waals surface area contributed by atoms with E-state index in [9.17, 15) is 26.4 Å². The van der Waals surface area contributed by atoms with Crippen molar-refractivity contribution in [3.63, 3.8) is 0 Å². The summed E-state index contributed by atoms with van der Waals surface area (Å²) < 4.78 is 57.2. The van der Waals surface area contributed by atoms with Crippen molar-refractivity contribution in [3.05, 3.63) is 118 Å². The Kier molecular flexibility index (Phi) is 9.98. The molecular weight excluding hydrogens is 749 g/mol. The van der Waals surface area contributed by atoms with E-state index in [1.165, 1.54) is 77.4 Å². The van der Waals surface area contributed by atoms with Gasteiger partial charge in [0.05, 0.1) is 32.1 Å². The number of hydrogen-bond acceptors (Lipinski definition) is 12. The van der Waals surface area contributed by atoms with Crippen molar-refractivity contribution in [3.8, 4) is 5.69 Å². The van der Waals surface area contributed by atoms with Crippen LogP contribution in [0.15, 0.2) is 117 Å². The van der Waals surface area contributed by atoms with E-state index in [0.717, 1.165) is 11.8 Å². The molecule has 0 radical (unpaired) electrons. The molecule has 3 heterocycles. The minimum absolute atomic E-state index is 0.0213. The number of carbonyl (C=O) groups excluding carboxylic acids is 1. The summed E-state index contributed by atoms with van der Waals surface area (Å²) in [6.07, 6.45) is 0. The first-order valence-electron chi connectivity index (χ1n) is 14.1. The van der Waals surface area contributed by atoms with Crippen LogP contribution in [0.5, 0.6) is 0 Å². The number of nitrogens with one attached hydrogen (secondary N) is 3. The van der Waals surface area contributed by atoms with Crippen LogP contribution in [-0.4, -0.2) is 58.4 Å². The van der Waals surface area contributed by atoms with Crippen molar-refractivity contribution in [1.82, 2.24) is 29.9 Å². The number of halogens is 2. The van der Waals surface area contributed by atoms with E-state index >= 15 is 0 Å². The monoisotopic (exact) mass is 769 g/mol. The van der Waals surface area contributed by atoms with Gasteiger partial charge in [-0.2, -0.15) is 0 Å². The number of anilines is 3. The molecule has 3 aromatic heterocycles. The van der Waals surface area contributed by atoms with E-state index < -0.39 is 31.5 Å². The lowest BCUT2D eigenvalue weighted by Gasteiger charge is -2.14. The second-order valence-corrected chi connectivity index (χ2v) is 15.2. The van der Waals surface area contributed by atoms with Gasteiger partial charge < -0.3 is 5.32 Å². The largest absolute Gasteiger partial charge is 0.325 e. The maximum Gasteiger partial charge on any atom is 0.266 e. The summed E-state index contributed by atoms with van der Waals surface area (Å²) in [7, 11) is -8.06. The second kappa shape index (κ2) is 14.4. The first-order valence-corrected chi connectivity index (χ1v) is 18.8. The molecule has 3 N–H and O–H groups in total. The molecule has 20 heteroatoms. The molecule has 3 aromatic carbocycles. The van der Waals surface area contributed by atoms with Gasteiger partial charge in [0.25, 0.3) is 25.6 Å². The van der Waals surface area contributed by atoms with Gasteiger partial charge in [-0.25, -0.2) is 21.8 Å². The van der Waals surface area contributed by atoms with E-state index in [2.05, 4.69) is 40.1 Å². The fraction of sp³-hybridized carbons (Fsp3) is 0.0333. The minimum atomic E-state index is -4.06. The maximum atomic E-state index is 13.7. The summed E-state index contributed by atoms with van der Waals surface area (Å²) in [4.78, 5) is 31.0. The predicted molar refractivity (Wildman–Crippen MR) is 189 cm³/mol. The van der Waals surface area contributed by atoms with E-state index in [1.807, 2.05) is 0 Å². The zero-order valence-corrected chi connectivity index (χ0v) is 29.0. The molecular formula is C30H21Cl2N9O6S3. The first-order chi connectivity index (χ1) is 23.9. The van der Waals surface area contributed by atoms with Gasteiger partial charge in [0.2, 0.25) is 5.91 Å². The molecule has 0 saturated heterocycles. The Hall–Kier alpha value is -5.14. The van der Waals surface area contributed by atoms with Crippen molar-refractivity contribution < 1.29 is 21.6 Å². The average Bonchev–Trinajstić information content (AvgIpc) is 3.09. The normalized spacial score (nSPS) is 11.6. The fourth-order valence-electron chi connectivity index (χ4n) is 4.39. The Morgan fingerprint density at radius 2 is 1.24 bits per heavy atom. The Balaban J connectivity index is 1.19. The molecule has 0 aliphatic heterocycles. The molecule has 0 fully saturated rings. The number of rotatable bonds is 11. The lowest BCUT2D eigenvalue weighted by atomic mass is 10.2. The number of amides is 1. The summed E-state index contributed by atoms with van der Waals surface area (Å²) in [5.41, 5.74) is 0.592. The quantitative estimate of drug-likeness (QED) is 0.122. The number of hydrogen-bond donors (Lipinski definition) is 3. The molecule has 6 rings (SSSR count). The molecule has 0 unspecified atom stereocenters. The third-order valence-corrected chi connectivity index (χ3v) is 10.8. The van der Waals surface area contributed by atoms with E-state index in [0.29, 0.717) is 22.3 Å². The van der Waals surface area contributed by atoms with Crippen molar-refractivity contribution in [2.24, 2.45) is 0 Å². The Bertz CT molecular complexity index is 2490. The van der Waals surface area contributed by atoms with Gasteiger partial charge in [-0.15, -0.1) is 20.4 Å². The van der Waals surface area contributed by atoms with E-state index in [-0.39, 0.29) is 42.6 Å². The number of aromatic nitrogens is 6. The summed E-state index contributed by atoms with van der Waals surface area (Å²) in [6, 6.07) is 23.1. The number of nitrogens with zero attached hydrogens (tertiary/aromatic N) is 6. The molecule has 6 aromatic rings. The van der Waals surface area contributed by atoms with Gasteiger partial charge >= 0.3 is 0 Å². The summed E-state index contributed by atoms with van der Waals surface area (Å²) in [5, 5.41) is 18.0. The van der Waals surface area contributed by atoms with Gasteiger partial charge in [-0.1, -0.05) is 47.1 Å². The van der Waals surface area contributed by atoms with Crippen LogP contribution in [0.2, 0.25) is 10.3 Å². The highest BCUT2D eigenvalue weighted by Gasteiger charge is 2.19. The number of fused-ring (bicyclic) bond motifs is 1. The van der Waals surface area contributed by atoms with Gasteiger partial charge in [0.1, 0.15) is 0 Å². The van der Waals surface area contributed by atoms with Crippen LogP contribution in [0.4, 0.5) is 17.3 Å². The van der Waals surface area contributed by atoms with Gasteiger partial charge in [0.15, 0.2) is 27.1 Å². The van der Waals surface area contributed by atoms with Gasteiger partial charge in [0, 0.05) is 5.69 Å². The molecule has 0 spiro atoms. The zero-order valence-electron chi connectivity index (χ0n) is 25.1. The Morgan fingerprint density at radius 1 is 0.700 bits per heavy atom. The van der Waals surface area contributed by atoms with Crippen LogP contribution >= 0.6 is 35.0 Å². The molecule has 0 aliphatic carbocycles. The highest BCUT2D eigenvalue weighted by Crippen LogP contribution is 2.24. The topological polar surface area (TPSA) is 208 Å². The predicted octanol–water partition coefficient (Wildman–Crippen LogP) is 4.60. The highest BCUT2D eigenvalue weighted by molar-refractivity contribution is 7.99. The SMILES string of the molecule is O=C(CSc1nc2ccccc2c(=O)n1-c1ccc(S(=O)(=O)Nc2ccc(Cl)nn2)cc1)Nc1ccc(S(=O)(=O)Nc2ccc(Cl)nn2)cc1. The molecule has 15 nitrogen and oxygen atoms in total. The number of thioether (sulfide) groups is 1. The zero-order chi connectivity index (χ0) is 35.5. The number of benzene rings is 3. The average molecular weight is 771 g/mol. The van der Waals surface area contributed by atoms with Crippen molar-refractivity contribution >= 4 is 89.1 Å². The van der Waals surface area contributed by atoms with Crippen LogP contribution in [0.3, 0.4) is 0 Å². The van der Waals surface area contributed by atoms with Crippen LogP contribution in [0.25, 0.3) is 16.6 Å². The number of para-hydroxylation sites is 1. The second-order valence-electron chi connectivity index (χ2n) is 10.1. The number of carbonyl (C=O) groups is 1. The van der Waals surface area contributed by atoms with Gasteiger partial charge in [-0.05, 0) is 84.9 Å².